The fraction of sp³-hybridized carbons (Fsp3) is 0.448. The van der Waals surface area contributed by atoms with Crippen LogP contribution < -0.4 is 9.64 Å². The molecule has 3 heterocycles. The number of likely N-dealkylation sites (tertiary alicyclic amines) is 1. The summed E-state index contributed by atoms with van der Waals surface area (Å²) in [6.45, 7) is 6.42. The normalized spacial score (nSPS) is 23.3. The Balaban J connectivity index is 1.49. The smallest absolute Gasteiger partial charge is 0.295 e. The Hall–Kier alpha value is -3.36. The summed E-state index contributed by atoms with van der Waals surface area (Å²) in [5.74, 6) is -0.555. The molecule has 3 aliphatic heterocycles. The predicted molar refractivity (Wildman–Crippen MR) is 142 cm³/mol. The summed E-state index contributed by atoms with van der Waals surface area (Å²) in [6, 6.07) is 12.6. The molecule has 2 fully saturated rings. The number of nitrogens with zero attached hydrogens (tertiary/aromatic N) is 3. The van der Waals surface area contributed by atoms with Crippen LogP contribution >= 0.6 is 0 Å². The van der Waals surface area contributed by atoms with Gasteiger partial charge in [0.05, 0.1) is 24.8 Å². The van der Waals surface area contributed by atoms with Gasteiger partial charge in [0.2, 0.25) is 0 Å². The van der Waals surface area contributed by atoms with E-state index >= 15 is 0 Å². The summed E-state index contributed by atoms with van der Waals surface area (Å²) in [6.07, 6.45) is 1.54. The van der Waals surface area contributed by atoms with E-state index in [1.54, 1.807) is 11.0 Å². The first-order valence-electron chi connectivity index (χ1n) is 13.0. The number of morpholine rings is 1. The molecule has 2 atom stereocenters. The molecule has 8 nitrogen and oxygen atoms in total. The minimum Gasteiger partial charge on any atom is -0.507 e. The maximum Gasteiger partial charge on any atom is 0.295 e. The van der Waals surface area contributed by atoms with Gasteiger partial charge < -0.3 is 24.4 Å². The van der Waals surface area contributed by atoms with Crippen molar-refractivity contribution < 1.29 is 24.2 Å². The maximum atomic E-state index is 13.4. The zero-order chi connectivity index (χ0) is 26.1. The molecular formula is C29H35N3O5. The number of hydrogen-bond acceptors (Lipinski definition) is 7. The second-order valence-corrected chi connectivity index (χ2v) is 10.2. The summed E-state index contributed by atoms with van der Waals surface area (Å²) in [7, 11) is 3.93. The van der Waals surface area contributed by atoms with Crippen LogP contribution in [0.15, 0.2) is 48.0 Å². The first-order chi connectivity index (χ1) is 17.8. The van der Waals surface area contributed by atoms with Crippen molar-refractivity contribution in [2.24, 2.45) is 0 Å². The molecule has 2 aromatic carbocycles. The van der Waals surface area contributed by atoms with Gasteiger partial charge in [0.1, 0.15) is 17.6 Å². The van der Waals surface area contributed by atoms with Crippen LogP contribution in [0.25, 0.3) is 5.76 Å². The van der Waals surface area contributed by atoms with Crippen LogP contribution in [0.3, 0.4) is 0 Å². The lowest BCUT2D eigenvalue weighted by atomic mass is 9.94. The number of carbonyl (C=O) groups is 2. The molecular weight excluding hydrogens is 470 g/mol. The topological polar surface area (TPSA) is 82.5 Å². The number of carbonyl (C=O) groups excluding carboxylic acids is 2. The number of rotatable bonds is 7. The van der Waals surface area contributed by atoms with Gasteiger partial charge in [0.15, 0.2) is 0 Å². The number of ether oxygens (including phenoxy) is 2. The molecule has 196 valence electrons. The Bertz CT molecular complexity index is 1200. The van der Waals surface area contributed by atoms with Crippen molar-refractivity contribution in [2.75, 3.05) is 58.4 Å². The lowest BCUT2D eigenvalue weighted by molar-refractivity contribution is -0.140. The van der Waals surface area contributed by atoms with Crippen molar-refractivity contribution in [3.8, 4) is 5.75 Å². The Labute approximate surface area is 218 Å². The van der Waals surface area contributed by atoms with Crippen molar-refractivity contribution in [3.05, 3.63) is 64.7 Å². The van der Waals surface area contributed by atoms with E-state index in [0.717, 1.165) is 55.0 Å². The van der Waals surface area contributed by atoms with Gasteiger partial charge in [0, 0.05) is 57.9 Å². The highest BCUT2D eigenvalue weighted by atomic mass is 16.5. The maximum absolute atomic E-state index is 13.4. The Morgan fingerprint density at radius 1 is 1.05 bits per heavy atom. The molecule has 2 saturated heterocycles. The monoisotopic (exact) mass is 505 g/mol. The Morgan fingerprint density at radius 3 is 2.49 bits per heavy atom. The molecule has 0 spiro atoms. The van der Waals surface area contributed by atoms with Gasteiger partial charge >= 0.3 is 0 Å². The molecule has 3 aliphatic rings. The quantitative estimate of drug-likeness (QED) is 0.352. The number of aliphatic hydroxyl groups excluding tert-OH is 1. The van der Waals surface area contributed by atoms with E-state index < -0.39 is 17.7 Å². The lowest BCUT2D eigenvalue weighted by Gasteiger charge is -2.29. The molecule has 2 aromatic rings. The molecule has 1 amide bonds. The van der Waals surface area contributed by atoms with Gasteiger partial charge in [-0.15, -0.1) is 0 Å². The Morgan fingerprint density at radius 2 is 1.78 bits per heavy atom. The van der Waals surface area contributed by atoms with Crippen molar-refractivity contribution in [1.82, 2.24) is 9.80 Å². The number of hydrogen-bond donors (Lipinski definition) is 1. The second kappa shape index (κ2) is 10.6. The molecule has 5 rings (SSSR count). The second-order valence-electron chi connectivity index (χ2n) is 10.2. The van der Waals surface area contributed by atoms with E-state index in [-0.39, 0.29) is 17.4 Å². The molecule has 0 unspecified atom stereocenters. The van der Waals surface area contributed by atoms with E-state index in [1.165, 1.54) is 0 Å². The van der Waals surface area contributed by atoms with Gasteiger partial charge in [-0.25, -0.2) is 0 Å². The third-order valence-electron chi connectivity index (χ3n) is 7.41. The highest BCUT2D eigenvalue weighted by Gasteiger charge is 2.46. The molecule has 0 aromatic heterocycles. The number of amides is 1. The van der Waals surface area contributed by atoms with Gasteiger partial charge in [-0.1, -0.05) is 12.1 Å². The van der Waals surface area contributed by atoms with E-state index in [1.807, 2.05) is 62.3 Å². The third-order valence-corrected chi connectivity index (χ3v) is 7.41. The largest absolute Gasteiger partial charge is 0.507 e. The van der Waals surface area contributed by atoms with Gasteiger partial charge in [-0.3, -0.25) is 14.5 Å². The van der Waals surface area contributed by atoms with Crippen molar-refractivity contribution >= 4 is 23.1 Å². The summed E-state index contributed by atoms with van der Waals surface area (Å²) in [5, 5.41) is 11.4. The molecule has 8 heteroatoms. The highest BCUT2D eigenvalue weighted by Crippen LogP contribution is 2.41. The average Bonchev–Trinajstić information content (AvgIpc) is 3.40. The average molecular weight is 506 g/mol. The molecule has 0 radical (unpaired) electrons. The zero-order valence-electron chi connectivity index (χ0n) is 21.8. The Kier molecular flexibility index (Phi) is 7.22. The summed E-state index contributed by atoms with van der Waals surface area (Å²) in [5.41, 5.74) is 3.47. The first kappa shape index (κ1) is 25.3. The fourth-order valence-corrected chi connectivity index (χ4v) is 5.43. The number of fused-ring (bicyclic) bond motifs is 1. The molecule has 0 aliphatic carbocycles. The highest BCUT2D eigenvalue weighted by molar-refractivity contribution is 6.46. The summed E-state index contributed by atoms with van der Waals surface area (Å²) in [4.78, 5) is 32.6. The number of anilines is 1. The number of benzene rings is 2. The SMILES string of the molecule is C[C@@H]1Cc2cc(/C(O)=C3\C(=O)C(=O)N(CCCN4CCOCC4)[C@@H]3c3ccc(N(C)C)cc3)ccc2O1. The zero-order valence-corrected chi connectivity index (χ0v) is 21.8. The summed E-state index contributed by atoms with van der Waals surface area (Å²) < 4.78 is 11.2. The standard InChI is InChI=1S/C29H35N3O5/c1-19-17-22-18-21(7-10-24(22)37-19)27(33)25-26(20-5-8-23(9-6-20)30(2)3)32(29(35)28(25)34)12-4-11-31-13-15-36-16-14-31/h5-10,18-19,26,33H,4,11-17H2,1-3H3/b27-25+/t19-,26-/m1/s1. The molecule has 1 N–H and O–H groups in total. The molecule has 0 bridgehead atoms. The van der Waals surface area contributed by atoms with Crippen LogP contribution in [-0.2, 0) is 20.7 Å². The molecule has 0 saturated carbocycles. The number of aliphatic hydroxyl groups is 1. The van der Waals surface area contributed by atoms with Crippen LogP contribution in [0.1, 0.15) is 36.1 Å². The van der Waals surface area contributed by atoms with Crippen LogP contribution in [0.2, 0.25) is 0 Å². The third kappa shape index (κ3) is 5.08. The van der Waals surface area contributed by atoms with E-state index in [9.17, 15) is 14.7 Å². The van der Waals surface area contributed by atoms with Gasteiger partial charge in [-0.2, -0.15) is 0 Å². The van der Waals surface area contributed by atoms with Crippen LogP contribution in [0, 0.1) is 0 Å². The van der Waals surface area contributed by atoms with Crippen molar-refractivity contribution in [2.45, 2.75) is 31.9 Å². The summed E-state index contributed by atoms with van der Waals surface area (Å²) >= 11 is 0. The van der Waals surface area contributed by atoms with Crippen molar-refractivity contribution in [3.63, 3.8) is 0 Å². The minimum absolute atomic E-state index is 0.0691. The van der Waals surface area contributed by atoms with Crippen LogP contribution in [0.4, 0.5) is 5.69 Å². The van der Waals surface area contributed by atoms with E-state index in [4.69, 9.17) is 9.47 Å². The van der Waals surface area contributed by atoms with Gasteiger partial charge in [-0.05, 0) is 54.8 Å². The van der Waals surface area contributed by atoms with E-state index in [0.29, 0.717) is 25.3 Å². The van der Waals surface area contributed by atoms with E-state index in [2.05, 4.69) is 4.90 Å². The number of ketones is 1. The van der Waals surface area contributed by atoms with Gasteiger partial charge in [0.25, 0.3) is 11.7 Å². The number of Topliss-reactive ketones (excluding diaryl/α,β-unsaturated/α-hetero) is 1. The lowest BCUT2D eigenvalue weighted by Crippen LogP contribution is -2.38. The van der Waals surface area contributed by atoms with Crippen LogP contribution in [-0.4, -0.2) is 86.2 Å². The predicted octanol–water partition coefficient (Wildman–Crippen LogP) is 3.22. The van der Waals surface area contributed by atoms with Crippen LogP contribution in [0.5, 0.6) is 5.75 Å². The minimum atomic E-state index is -0.649. The molecule has 37 heavy (non-hydrogen) atoms. The van der Waals surface area contributed by atoms with Crippen molar-refractivity contribution in [1.29, 1.82) is 0 Å². The first-order valence-corrected chi connectivity index (χ1v) is 13.0. The fourth-order valence-electron chi connectivity index (χ4n) is 5.43.